The molecule has 1 aromatic carbocycles. The highest BCUT2D eigenvalue weighted by Gasteiger charge is 2.27. The molecule has 0 bridgehead atoms. The molecule has 2 aromatic rings. The molecule has 1 aromatic heterocycles. The summed E-state index contributed by atoms with van der Waals surface area (Å²) in [6, 6.07) is 9.77. The Morgan fingerprint density at radius 1 is 1.14 bits per heavy atom. The number of benzene rings is 1. The number of aromatic nitrogens is 1. The summed E-state index contributed by atoms with van der Waals surface area (Å²) in [5.41, 5.74) is 1.25. The molecular weight excluding hydrogens is 400 g/mol. The van der Waals surface area contributed by atoms with Crippen molar-refractivity contribution in [3.63, 3.8) is 0 Å². The van der Waals surface area contributed by atoms with Gasteiger partial charge in [-0.15, -0.1) is 0 Å². The zero-order chi connectivity index (χ0) is 21.3. The first-order chi connectivity index (χ1) is 13.9. The fourth-order valence-electron chi connectivity index (χ4n) is 2.69. The van der Waals surface area contributed by atoms with Crippen molar-refractivity contribution in [1.29, 1.82) is 0 Å². The second-order valence-corrected chi connectivity index (χ2v) is 8.08. The molecule has 0 aliphatic rings. The van der Waals surface area contributed by atoms with Crippen molar-refractivity contribution in [2.45, 2.75) is 37.0 Å². The van der Waals surface area contributed by atoms with Crippen molar-refractivity contribution < 1.29 is 23.3 Å². The summed E-state index contributed by atoms with van der Waals surface area (Å²) in [4.78, 5) is 25.3. The Labute approximate surface area is 168 Å². The predicted molar refractivity (Wildman–Crippen MR) is 105 cm³/mol. The topological polar surface area (TPSA) is 143 Å². The van der Waals surface area contributed by atoms with E-state index in [0.717, 1.165) is 10.4 Å². The van der Waals surface area contributed by atoms with Gasteiger partial charge in [0.15, 0.2) is 0 Å². The molecule has 11 heteroatoms. The fraction of sp³-hybridized carbons (Fsp3) is 0.333. The molecule has 0 aliphatic heterocycles. The monoisotopic (exact) mass is 422 g/mol. The van der Waals surface area contributed by atoms with E-state index in [4.69, 9.17) is 5.21 Å². The van der Waals surface area contributed by atoms with Crippen molar-refractivity contribution in [2.24, 2.45) is 0 Å². The summed E-state index contributed by atoms with van der Waals surface area (Å²) in [7, 11) is -4.05. The molecule has 0 saturated carbocycles. The van der Waals surface area contributed by atoms with E-state index in [2.05, 4.69) is 4.98 Å². The number of pyridine rings is 1. The third-order valence-electron chi connectivity index (χ3n) is 4.16. The van der Waals surface area contributed by atoms with Crippen molar-refractivity contribution >= 4 is 27.4 Å². The Morgan fingerprint density at radius 2 is 1.90 bits per heavy atom. The largest absolute Gasteiger partial charge is 0.289 e. The van der Waals surface area contributed by atoms with E-state index in [0.29, 0.717) is 25.7 Å². The normalized spacial score (nSPS) is 11.1. The van der Waals surface area contributed by atoms with Crippen molar-refractivity contribution in [1.82, 2.24) is 10.5 Å². The summed E-state index contributed by atoms with van der Waals surface area (Å²) in [5, 5.41) is 19.5. The van der Waals surface area contributed by atoms with Crippen LogP contribution in [0.25, 0.3) is 0 Å². The second kappa shape index (κ2) is 10.5. The van der Waals surface area contributed by atoms with Gasteiger partial charge in [0.05, 0.1) is 9.82 Å². The predicted octanol–water partition coefficient (Wildman–Crippen LogP) is 2.64. The highest BCUT2D eigenvalue weighted by molar-refractivity contribution is 7.92. The Balaban J connectivity index is 2.15. The van der Waals surface area contributed by atoms with Crippen LogP contribution < -0.4 is 9.79 Å². The number of non-ortho nitro benzene ring substituents is 1. The van der Waals surface area contributed by atoms with E-state index in [1.165, 1.54) is 24.4 Å². The van der Waals surface area contributed by atoms with E-state index in [1.807, 2.05) is 0 Å². The molecule has 2 N–H and O–H groups in total. The molecule has 29 heavy (non-hydrogen) atoms. The van der Waals surface area contributed by atoms with Crippen LogP contribution in [-0.4, -0.2) is 36.0 Å². The molecular formula is C18H22N4O6S. The third kappa shape index (κ3) is 6.22. The van der Waals surface area contributed by atoms with Gasteiger partial charge in [0.2, 0.25) is 5.91 Å². The van der Waals surface area contributed by atoms with Crippen molar-refractivity contribution in [3.8, 4) is 0 Å². The number of unbranched alkanes of at least 4 members (excludes halogenated alkanes) is 3. The molecule has 0 radical (unpaired) electrons. The first-order valence-electron chi connectivity index (χ1n) is 8.97. The van der Waals surface area contributed by atoms with Gasteiger partial charge in [0.25, 0.3) is 15.7 Å². The van der Waals surface area contributed by atoms with Gasteiger partial charge in [-0.25, -0.2) is 23.2 Å². The highest BCUT2D eigenvalue weighted by Crippen LogP contribution is 2.25. The SMILES string of the molecule is O=C(CCCCCCN(c1ccccn1)S(=O)(=O)c1cccc([N+](=O)[O-])c1)NO. The lowest BCUT2D eigenvalue weighted by Gasteiger charge is -2.23. The Hall–Kier alpha value is -3.05. The number of nitro benzene ring substituents is 1. The van der Waals surface area contributed by atoms with Gasteiger partial charge in [-0.2, -0.15) is 0 Å². The van der Waals surface area contributed by atoms with Crippen molar-refractivity contribution in [3.05, 3.63) is 58.8 Å². The van der Waals surface area contributed by atoms with Crippen LogP contribution in [0.1, 0.15) is 32.1 Å². The Bertz CT molecular complexity index is 936. The number of rotatable bonds is 11. The number of nitrogens with one attached hydrogen (secondary N) is 1. The van der Waals surface area contributed by atoms with Gasteiger partial charge in [-0.05, 0) is 31.0 Å². The average molecular weight is 422 g/mol. The number of hydrogen-bond donors (Lipinski definition) is 2. The Morgan fingerprint density at radius 3 is 2.55 bits per heavy atom. The highest BCUT2D eigenvalue weighted by atomic mass is 32.2. The average Bonchev–Trinajstić information content (AvgIpc) is 2.73. The minimum Gasteiger partial charge on any atom is -0.289 e. The maximum atomic E-state index is 13.1. The molecule has 0 aliphatic carbocycles. The molecule has 0 spiro atoms. The molecule has 10 nitrogen and oxygen atoms in total. The number of nitro groups is 1. The van der Waals surface area contributed by atoms with E-state index in [1.54, 1.807) is 23.7 Å². The molecule has 156 valence electrons. The van der Waals surface area contributed by atoms with Crippen LogP contribution in [0.15, 0.2) is 53.6 Å². The molecule has 0 fully saturated rings. The van der Waals surface area contributed by atoms with Gasteiger partial charge < -0.3 is 0 Å². The molecule has 2 rings (SSSR count). The first-order valence-corrected chi connectivity index (χ1v) is 10.4. The zero-order valence-electron chi connectivity index (χ0n) is 15.6. The lowest BCUT2D eigenvalue weighted by atomic mass is 10.1. The first kappa shape index (κ1) is 22.2. The van der Waals surface area contributed by atoms with E-state index < -0.39 is 20.9 Å². The molecule has 0 saturated heterocycles. The van der Waals surface area contributed by atoms with Crippen LogP contribution in [0.5, 0.6) is 0 Å². The Kier molecular flexibility index (Phi) is 8.04. The number of hydrogen-bond acceptors (Lipinski definition) is 7. The van der Waals surface area contributed by atoms with Crippen molar-refractivity contribution in [2.75, 3.05) is 10.8 Å². The number of anilines is 1. The van der Waals surface area contributed by atoms with Gasteiger partial charge >= 0.3 is 0 Å². The summed E-state index contributed by atoms with van der Waals surface area (Å²) in [6.45, 7) is 0.133. The van der Waals surface area contributed by atoms with Crippen LogP contribution in [0.2, 0.25) is 0 Å². The number of carbonyl (C=O) groups excluding carboxylic acids is 1. The van der Waals surface area contributed by atoms with Crippen LogP contribution in [0, 0.1) is 10.1 Å². The smallest absolute Gasteiger partial charge is 0.270 e. The van der Waals surface area contributed by atoms with E-state index >= 15 is 0 Å². The summed E-state index contributed by atoms with van der Waals surface area (Å²) >= 11 is 0. The van der Waals surface area contributed by atoms with E-state index in [9.17, 15) is 23.3 Å². The van der Waals surface area contributed by atoms with Crippen LogP contribution in [0.3, 0.4) is 0 Å². The number of carbonyl (C=O) groups is 1. The quantitative estimate of drug-likeness (QED) is 0.245. The maximum Gasteiger partial charge on any atom is 0.270 e. The van der Waals surface area contributed by atoms with E-state index in [-0.39, 0.29) is 29.4 Å². The van der Waals surface area contributed by atoms with Crippen LogP contribution in [0.4, 0.5) is 11.5 Å². The summed E-state index contributed by atoms with van der Waals surface area (Å²) < 4.78 is 27.4. The number of hydroxylamine groups is 1. The third-order valence-corrected chi connectivity index (χ3v) is 5.96. The maximum absolute atomic E-state index is 13.1. The van der Waals surface area contributed by atoms with Crippen LogP contribution in [-0.2, 0) is 14.8 Å². The molecule has 1 heterocycles. The van der Waals surface area contributed by atoms with Gasteiger partial charge in [-0.3, -0.25) is 20.1 Å². The minimum atomic E-state index is -4.05. The van der Waals surface area contributed by atoms with Gasteiger partial charge in [0, 0.05) is 31.3 Å². The van der Waals surface area contributed by atoms with Crippen LogP contribution >= 0.6 is 0 Å². The summed E-state index contributed by atoms with van der Waals surface area (Å²) in [6.07, 6.45) is 4.07. The molecule has 0 unspecified atom stereocenters. The molecule has 0 atom stereocenters. The van der Waals surface area contributed by atoms with Gasteiger partial charge in [0.1, 0.15) is 5.82 Å². The standard InChI is InChI=1S/C18H22N4O6S/c23-18(20-24)11-3-1-2-6-13-21(17-10-4-5-12-19-17)29(27,28)16-9-7-8-15(14-16)22(25)26/h4-5,7-10,12,14,24H,1-3,6,11,13H2,(H,20,23). The minimum absolute atomic E-state index is 0.133. The zero-order valence-corrected chi connectivity index (χ0v) is 16.4. The summed E-state index contributed by atoms with van der Waals surface area (Å²) in [5.74, 6) is -0.243. The second-order valence-electron chi connectivity index (χ2n) is 6.22. The lowest BCUT2D eigenvalue weighted by Crippen LogP contribution is -2.32. The molecule has 1 amide bonds. The lowest BCUT2D eigenvalue weighted by molar-refractivity contribution is -0.385. The number of nitrogens with zero attached hydrogens (tertiary/aromatic N) is 3. The number of amides is 1. The van der Waals surface area contributed by atoms with Gasteiger partial charge in [-0.1, -0.05) is 25.0 Å². The fourth-order valence-corrected chi connectivity index (χ4v) is 4.19. The number of sulfonamides is 1.